The maximum Gasteiger partial charge on any atom is -0.0386 e. The summed E-state index contributed by atoms with van der Waals surface area (Å²) in [6.07, 6.45) is 12.4. The molecule has 0 saturated heterocycles. The Kier molecular flexibility index (Phi) is 17.1. The van der Waals surface area contributed by atoms with E-state index in [2.05, 4.69) is 41.5 Å². The molecule has 20 heavy (non-hydrogen) atoms. The topological polar surface area (TPSA) is 0 Å². The van der Waals surface area contributed by atoms with E-state index >= 15 is 0 Å². The molecule has 0 radical (unpaired) electrons. The normalized spacial score (nSPS) is 24.3. The van der Waals surface area contributed by atoms with Crippen LogP contribution in [0.1, 0.15) is 107 Å². The molecule has 0 bridgehead atoms. The van der Waals surface area contributed by atoms with Crippen molar-refractivity contribution in [2.75, 3.05) is 0 Å². The smallest absolute Gasteiger partial charge is 0.0386 e. The minimum absolute atomic E-state index is 0.833. The van der Waals surface area contributed by atoms with E-state index in [1.165, 1.54) is 25.7 Å². The molecule has 2 rings (SSSR count). The Hall–Kier alpha value is 0. The Bertz CT molecular complexity index is 131. The molecule has 0 amide bonds. The van der Waals surface area contributed by atoms with Crippen LogP contribution < -0.4 is 0 Å². The fourth-order valence-electron chi connectivity index (χ4n) is 2.86. The van der Waals surface area contributed by atoms with E-state index in [1.54, 1.807) is 25.7 Å². The minimum Gasteiger partial charge on any atom is -0.0683 e. The lowest BCUT2D eigenvalue weighted by Gasteiger charge is -2.35. The van der Waals surface area contributed by atoms with E-state index in [0.29, 0.717) is 0 Å². The summed E-state index contributed by atoms with van der Waals surface area (Å²) in [4.78, 5) is 0. The van der Waals surface area contributed by atoms with Gasteiger partial charge < -0.3 is 0 Å². The Morgan fingerprint density at radius 3 is 0.800 bits per heavy atom. The third-order valence-electron chi connectivity index (χ3n) is 3.47. The van der Waals surface area contributed by atoms with E-state index in [0.717, 1.165) is 23.7 Å². The minimum atomic E-state index is 0.833. The fourth-order valence-corrected chi connectivity index (χ4v) is 2.86. The molecule has 0 aromatic carbocycles. The van der Waals surface area contributed by atoms with Gasteiger partial charge in [0.25, 0.3) is 0 Å². The van der Waals surface area contributed by atoms with Crippen LogP contribution in [0, 0.1) is 23.7 Å². The fraction of sp³-hybridized carbons (Fsp3) is 1.00. The van der Waals surface area contributed by atoms with Crippen LogP contribution in [0.15, 0.2) is 0 Å². The first-order valence-electron chi connectivity index (χ1n) is 9.43. The SMILES string of the molecule is C1CCC2CCCCC2C1.CC.CC(C)C.CC(C)C. The van der Waals surface area contributed by atoms with E-state index in [-0.39, 0.29) is 0 Å². The second-order valence-electron chi connectivity index (χ2n) is 7.55. The Morgan fingerprint density at radius 1 is 0.500 bits per heavy atom. The van der Waals surface area contributed by atoms with Gasteiger partial charge in [-0.3, -0.25) is 0 Å². The summed E-state index contributed by atoms with van der Waals surface area (Å²) in [5, 5.41) is 0. The molecular formula is C20H44. The summed E-state index contributed by atoms with van der Waals surface area (Å²) in [5.74, 6) is 3.98. The van der Waals surface area contributed by atoms with Crippen molar-refractivity contribution in [3.8, 4) is 0 Å². The molecule has 0 spiro atoms. The lowest BCUT2D eigenvalue weighted by molar-refractivity contribution is 0.171. The molecule has 0 heterocycles. The first kappa shape index (κ1) is 22.3. The quantitative estimate of drug-likeness (QED) is 0.427. The molecule has 0 heteroatoms. The molecule has 124 valence electrons. The van der Waals surface area contributed by atoms with Crippen molar-refractivity contribution in [3.05, 3.63) is 0 Å². The third-order valence-corrected chi connectivity index (χ3v) is 3.47. The van der Waals surface area contributed by atoms with Crippen LogP contribution in [0.4, 0.5) is 0 Å². The van der Waals surface area contributed by atoms with Crippen LogP contribution in [0.25, 0.3) is 0 Å². The zero-order valence-electron chi connectivity index (χ0n) is 16.0. The van der Waals surface area contributed by atoms with Crippen molar-refractivity contribution < 1.29 is 0 Å². The molecule has 0 atom stereocenters. The summed E-state index contributed by atoms with van der Waals surface area (Å²) >= 11 is 0. The largest absolute Gasteiger partial charge is 0.0683 e. The first-order chi connectivity index (χ1) is 9.43. The monoisotopic (exact) mass is 284 g/mol. The van der Waals surface area contributed by atoms with Gasteiger partial charge in [-0.05, 0) is 23.7 Å². The molecule has 2 aliphatic carbocycles. The lowest BCUT2D eigenvalue weighted by atomic mass is 9.71. The number of hydrogen-bond donors (Lipinski definition) is 0. The third kappa shape index (κ3) is 16.1. The van der Waals surface area contributed by atoms with Gasteiger partial charge in [0.2, 0.25) is 0 Å². The maximum absolute atomic E-state index is 2.17. The molecule has 2 saturated carbocycles. The second kappa shape index (κ2) is 15.4. The van der Waals surface area contributed by atoms with Gasteiger partial charge in [-0.1, -0.05) is 107 Å². The Labute approximate surface area is 131 Å². The van der Waals surface area contributed by atoms with E-state index in [1.807, 2.05) is 13.8 Å². The van der Waals surface area contributed by atoms with Gasteiger partial charge in [0.15, 0.2) is 0 Å². The van der Waals surface area contributed by atoms with E-state index < -0.39 is 0 Å². The van der Waals surface area contributed by atoms with Crippen LogP contribution in [0.5, 0.6) is 0 Å². The lowest BCUT2D eigenvalue weighted by Crippen LogP contribution is -2.22. The number of hydrogen-bond acceptors (Lipinski definition) is 0. The zero-order chi connectivity index (χ0) is 16.0. The molecule has 0 aliphatic heterocycles. The molecule has 0 N–H and O–H groups in total. The van der Waals surface area contributed by atoms with Crippen molar-refractivity contribution in [3.63, 3.8) is 0 Å². The number of fused-ring (bicyclic) bond motifs is 1. The molecule has 0 aromatic rings. The van der Waals surface area contributed by atoms with Crippen LogP contribution >= 0.6 is 0 Å². The van der Waals surface area contributed by atoms with E-state index in [4.69, 9.17) is 0 Å². The van der Waals surface area contributed by atoms with Crippen LogP contribution in [0.3, 0.4) is 0 Å². The van der Waals surface area contributed by atoms with Gasteiger partial charge in [0, 0.05) is 0 Å². The highest BCUT2D eigenvalue weighted by atomic mass is 14.3. The van der Waals surface area contributed by atoms with Crippen molar-refractivity contribution in [1.82, 2.24) is 0 Å². The molecule has 0 nitrogen and oxygen atoms in total. The van der Waals surface area contributed by atoms with Crippen LogP contribution in [0.2, 0.25) is 0 Å². The van der Waals surface area contributed by atoms with Crippen molar-refractivity contribution in [1.29, 1.82) is 0 Å². The molecule has 0 unspecified atom stereocenters. The summed E-state index contributed by atoms with van der Waals surface area (Å²) < 4.78 is 0. The molecule has 2 aliphatic rings. The van der Waals surface area contributed by atoms with Crippen LogP contribution in [-0.4, -0.2) is 0 Å². The Balaban J connectivity index is 0. The Morgan fingerprint density at radius 2 is 0.650 bits per heavy atom. The van der Waals surface area contributed by atoms with Gasteiger partial charge in [-0.15, -0.1) is 0 Å². The predicted octanol–water partition coefficient (Wildman–Crippen LogP) is 7.72. The highest BCUT2D eigenvalue weighted by Gasteiger charge is 2.26. The zero-order valence-corrected chi connectivity index (χ0v) is 16.0. The van der Waals surface area contributed by atoms with Crippen molar-refractivity contribution in [2.24, 2.45) is 23.7 Å². The average molecular weight is 285 g/mol. The predicted molar refractivity (Wildman–Crippen MR) is 96.3 cm³/mol. The standard InChI is InChI=1S/C10H18.2C4H10.C2H6/c1-2-6-10-8-4-3-7-9(10)5-1;2*1-4(2)3;1-2/h9-10H,1-8H2;2*4H,1-3H3;1-2H3. The summed E-state index contributed by atoms with van der Waals surface area (Å²) in [7, 11) is 0. The van der Waals surface area contributed by atoms with Gasteiger partial charge >= 0.3 is 0 Å². The highest BCUT2D eigenvalue weighted by molar-refractivity contribution is 4.78. The van der Waals surface area contributed by atoms with Gasteiger partial charge in [0.05, 0.1) is 0 Å². The number of rotatable bonds is 0. The molecule has 2 fully saturated rings. The average Bonchev–Trinajstić information content (AvgIpc) is 2.40. The summed E-state index contributed by atoms with van der Waals surface area (Å²) in [6.45, 7) is 17.0. The summed E-state index contributed by atoms with van der Waals surface area (Å²) in [6, 6.07) is 0. The van der Waals surface area contributed by atoms with E-state index in [9.17, 15) is 0 Å². The highest BCUT2D eigenvalue weighted by Crippen LogP contribution is 2.39. The first-order valence-corrected chi connectivity index (χ1v) is 9.43. The summed E-state index contributed by atoms with van der Waals surface area (Å²) in [5.41, 5.74) is 0. The van der Waals surface area contributed by atoms with Crippen molar-refractivity contribution in [2.45, 2.75) is 107 Å². The second-order valence-corrected chi connectivity index (χ2v) is 7.55. The van der Waals surface area contributed by atoms with Gasteiger partial charge in [-0.2, -0.15) is 0 Å². The molecule has 0 aromatic heterocycles. The van der Waals surface area contributed by atoms with Crippen LogP contribution in [-0.2, 0) is 0 Å². The molecular weight excluding hydrogens is 240 g/mol. The van der Waals surface area contributed by atoms with Crippen molar-refractivity contribution >= 4 is 0 Å². The van der Waals surface area contributed by atoms with Gasteiger partial charge in [0.1, 0.15) is 0 Å². The van der Waals surface area contributed by atoms with Gasteiger partial charge in [-0.25, -0.2) is 0 Å². The maximum atomic E-state index is 2.17.